The molecule has 0 aliphatic rings. The summed E-state index contributed by atoms with van der Waals surface area (Å²) >= 11 is 0. The number of phenolic OH excluding ortho intramolecular Hbond substituents is 1. The molecule has 0 saturated heterocycles. The third kappa shape index (κ3) is 2.38. The zero-order valence-electron chi connectivity index (χ0n) is 12.1. The first-order valence-electron chi connectivity index (χ1n) is 7.12. The monoisotopic (exact) mass is 303 g/mol. The van der Waals surface area contributed by atoms with Gasteiger partial charge >= 0.3 is 0 Å². The normalized spacial score (nSPS) is 11.0. The van der Waals surface area contributed by atoms with Gasteiger partial charge < -0.3 is 15.3 Å². The summed E-state index contributed by atoms with van der Waals surface area (Å²) in [5, 5.41) is 20.3. The van der Waals surface area contributed by atoms with Gasteiger partial charge in [0, 0.05) is 11.3 Å². The number of nitrogens with two attached hydrogens (primary N) is 1. The molecule has 0 bridgehead atoms. The number of rotatable bonds is 2. The van der Waals surface area contributed by atoms with Gasteiger partial charge in [-0.15, -0.1) is 10.2 Å². The van der Waals surface area contributed by atoms with Crippen LogP contribution in [0.25, 0.3) is 33.7 Å². The van der Waals surface area contributed by atoms with Crippen molar-refractivity contribution in [3.63, 3.8) is 0 Å². The van der Waals surface area contributed by atoms with E-state index in [9.17, 15) is 5.11 Å². The second-order valence-electron chi connectivity index (χ2n) is 5.25. The molecule has 0 saturated carbocycles. The average Bonchev–Trinajstić information content (AvgIpc) is 3.04. The Labute approximate surface area is 132 Å². The quantitative estimate of drug-likeness (QED) is 0.549. The SMILES string of the molecule is Nc1cccc(-c2nnc(-c3cc4ccccc4cc3O)o2)c1. The van der Waals surface area contributed by atoms with Crippen molar-refractivity contribution in [3.8, 4) is 28.7 Å². The van der Waals surface area contributed by atoms with E-state index in [2.05, 4.69) is 10.2 Å². The van der Waals surface area contributed by atoms with Crippen LogP contribution in [0, 0.1) is 0 Å². The molecule has 23 heavy (non-hydrogen) atoms. The van der Waals surface area contributed by atoms with Gasteiger partial charge in [-0.25, -0.2) is 0 Å². The Morgan fingerprint density at radius 1 is 0.826 bits per heavy atom. The maximum atomic E-state index is 10.2. The van der Waals surface area contributed by atoms with E-state index in [4.69, 9.17) is 10.2 Å². The van der Waals surface area contributed by atoms with Crippen LogP contribution >= 0.6 is 0 Å². The van der Waals surface area contributed by atoms with E-state index < -0.39 is 0 Å². The van der Waals surface area contributed by atoms with Crippen LogP contribution in [0.3, 0.4) is 0 Å². The summed E-state index contributed by atoms with van der Waals surface area (Å²) in [6.07, 6.45) is 0. The van der Waals surface area contributed by atoms with Crippen molar-refractivity contribution in [1.29, 1.82) is 0 Å². The summed E-state index contributed by atoms with van der Waals surface area (Å²) in [4.78, 5) is 0. The molecule has 0 aliphatic carbocycles. The molecule has 0 fully saturated rings. The van der Waals surface area contributed by atoms with E-state index in [0.29, 0.717) is 17.1 Å². The van der Waals surface area contributed by atoms with E-state index in [-0.39, 0.29) is 11.6 Å². The first-order valence-corrected chi connectivity index (χ1v) is 7.12. The summed E-state index contributed by atoms with van der Waals surface area (Å²) < 4.78 is 5.70. The van der Waals surface area contributed by atoms with Gasteiger partial charge in [-0.3, -0.25) is 0 Å². The van der Waals surface area contributed by atoms with Crippen LogP contribution in [0.2, 0.25) is 0 Å². The molecule has 4 rings (SSSR count). The lowest BCUT2D eigenvalue weighted by molar-refractivity contribution is 0.474. The van der Waals surface area contributed by atoms with Crippen LogP contribution < -0.4 is 5.73 Å². The van der Waals surface area contributed by atoms with Crippen molar-refractivity contribution in [1.82, 2.24) is 10.2 Å². The summed E-state index contributed by atoms with van der Waals surface area (Å²) in [6, 6.07) is 18.5. The fourth-order valence-electron chi connectivity index (χ4n) is 2.52. The lowest BCUT2D eigenvalue weighted by Gasteiger charge is -2.03. The first-order chi connectivity index (χ1) is 11.2. The number of anilines is 1. The van der Waals surface area contributed by atoms with Gasteiger partial charge in [0.1, 0.15) is 5.75 Å². The van der Waals surface area contributed by atoms with Crippen LogP contribution in [0.1, 0.15) is 0 Å². The molecule has 5 heteroatoms. The van der Waals surface area contributed by atoms with Crippen LogP contribution in [-0.4, -0.2) is 15.3 Å². The number of hydrogen-bond donors (Lipinski definition) is 2. The average molecular weight is 303 g/mol. The molecule has 1 heterocycles. The molecule has 5 nitrogen and oxygen atoms in total. The Morgan fingerprint density at radius 2 is 1.57 bits per heavy atom. The number of hydrogen-bond acceptors (Lipinski definition) is 5. The Morgan fingerprint density at radius 3 is 2.35 bits per heavy atom. The fraction of sp³-hybridized carbons (Fsp3) is 0. The largest absolute Gasteiger partial charge is 0.507 e. The zero-order chi connectivity index (χ0) is 15.8. The summed E-state index contributed by atoms with van der Waals surface area (Å²) in [5.41, 5.74) is 7.64. The molecule has 4 aromatic rings. The number of nitrogen functional groups attached to an aromatic ring is 1. The molecule has 0 amide bonds. The molecule has 1 aromatic heterocycles. The third-order valence-corrected chi connectivity index (χ3v) is 3.65. The van der Waals surface area contributed by atoms with Crippen molar-refractivity contribution in [2.75, 3.05) is 5.73 Å². The topological polar surface area (TPSA) is 85.2 Å². The Balaban J connectivity index is 1.81. The van der Waals surface area contributed by atoms with Gasteiger partial charge in [-0.05, 0) is 41.1 Å². The summed E-state index contributed by atoms with van der Waals surface area (Å²) in [5.74, 6) is 0.733. The van der Waals surface area contributed by atoms with Crippen LogP contribution in [-0.2, 0) is 0 Å². The summed E-state index contributed by atoms with van der Waals surface area (Å²) in [6.45, 7) is 0. The van der Waals surface area contributed by atoms with E-state index >= 15 is 0 Å². The van der Waals surface area contributed by atoms with Gasteiger partial charge in [0.05, 0.1) is 5.56 Å². The number of benzene rings is 3. The van der Waals surface area contributed by atoms with Crippen LogP contribution in [0.15, 0.2) is 65.1 Å². The van der Waals surface area contributed by atoms with Crippen molar-refractivity contribution >= 4 is 16.5 Å². The fourth-order valence-corrected chi connectivity index (χ4v) is 2.52. The molecule has 0 radical (unpaired) electrons. The molecule has 0 spiro atoms. The van der Waals surface area contributed by atoms with Crippen molar-refractivity contribution in [3.05, 3.63) is 60.7 Å². The standard InChI is InChI=1S/C18H13N3O2/c19-14-7-3-6-13(8-14)17-20-21-18(23-17)15-9-11-4-1-2-5-12(11)10-16(15)22/h1-10,22H,19H2. The molecule has 0 aliphatic heterocycles. The number of aromatic hydroxyl groups is 1. The number of nitrogens with zero attached hydrogens (tertiary/aromatic N) is 2. The molecule has 3 N–H and O–H groups in total. The van der Waals surface area contributed by atoms with Gasteiger partial charge in [-0.1, -0.05) is 30.3 Å². The molecule has 0 atom stereocenters. The van der Waals surface area contributed by atoms with E-state index in [1.54, 1.807) is 18.2 Å². The molecule has 3 aromatic carbocycles. The van der Waals surface area contributed by atoms with Gasteiger partial charge in [0.2, 0.25) is 5.89 Å². The van der Waals surface area contributed by atoms with E-state index in [1.807, 2.05) is 42.5 Å². The Bertz CT molecular complexity index is 1010. The van der Waals surface area contributed by atoms with E-state index in [0.717, 1.165) is 16.3 Å². The Hall–Kier alpha value is -3.34. The minimum atomic E-state index is 0.103. The number of phenols is 1. The highest BCUT2D eigenvalue weighted by Gasteiger charge is 2.15. The van der Waals surface area contributed by atoms with Gasteiger partial charge in [0.25, 0.3) is 5.89 Å². The van der Waals surface area contributed by atoms with Crippen molar-refractivity contribution < 1.29 is 9.52 Å². The van der Waals surface area contributed by atoms with Crippen LogP contribution in [0.4, 0.5) is 5.69 Å². The zero-order valence-corrected chi connectivity index (χ0v) is 12.1. The molecule has 0 unspecified atom stereocenters. The van der Waals surface area contributed by atoms with Crippen molar-refractivity contribution in [2.24, 2.45) is 0 Å². The minimum Gasteiger partial charge on any atom is -0.507 e. The molecular weight excluding hydrogens is 290 g/mol. The highest BCUT2D eigenvalue weighted by molar-refractivity contribution is 5.89. The highest BCUT2D eigenvalue weighted by atomic mass is 16.4. The predicted molar refractivity (Wildman–Crippen MR) is 88.8 cm³/mol. The second-order valence-corrected chi connectivity index (χ2v) is 5.25. The predicted octanol–water partition coefficient (Wildman–Crippen LogP) is 3.84. The number of fused-ring (bicyclic) bond motifs is 1. The third-order valence-electron chi connectivity index (χ3n) is 3.65. The van der Waals surface area contributed by atoms with Gasteiger partial charge in [-0.2, -0.15) is 0 Å². The lowest BCUT2D eigenvalue weighted by Crippen LogP contribution is -1.84. The number of aromatic nitrogens is 2. The van der Waals surface area contributed by atoms with Crippen molar-refractivity contribution in [2.45, 2.75) is 0 Å². The van der Waals surface area contributed by atoms with Crippen LogP contribution in [0.5, 0.6) is 5.75 Å². The maximum Gasteiger partial charge on any atom is 0.251 e. The highest BCUT2D eigenvalue weighted by Crippen LogP contribution is 2.34. The van der Waals surface area contributed by atoms with Gasteiger partial charge in [0.15, 0.2) is 0 Å². The smallest absolute Gasteiger partial charge is 0.251 e. The maximum absolute atomic E-state index is 10.2. The molecular formula is C18H13N3O2. The van der Waals surface area contributed by atoms with E-state index in [1.165, 1.54) is 0 Å². The Kier molecular flexibility index (Phi) is 2.98. The second kappa shape index (κ2) is 5.14. The first kappa shape index (κ1) is 13.3. The lowest BCUT2D eigenvalue weighted by atomic mass is 10.1. The molecule has 112 valence electrons. The minimum absolute atomic E-state index is 0.103. The summed E-state index contributed by atoms with van der Waals surface area (Å²) in [7, 11) is 0.